The van der Waals surface area contributed by atoms with Crippen molar-refractivity contribution in [3.05, 3.63) is 45.3 Å². The van der Waals surface area contributed by atoms with Gasteiger partial charge in [0.15, 0.2) is 5.15 Å². The Morgan fingerprint density at radius 1 is 1.15 bits per heavy atom. The van der Waals surface area contributed by atoms with Gasteiger partial charge in [-0.05, 0) is 12.5 Å². The second-order valence-electron chi connectivity index (χ2n) is 4.13. The van der Waals surface area contributed by atoms with Gasteiger partial charge in [-0.1, -0.05) is 18.5 Å². The van der Waals surface area contributed by atoms with E-state index in [0.29, 0.717) is 29.2 Å². The minimum Gasteiger partial charge on any atom is -0.497 e. The molecule has 0 aliphatic carbocycles. The third-order valence-electron chi connectivity index (χ3n) is 2.92. The van der Waals surface area contributed by atoms with Crippen LogP contribution < -0.4 is 15.0 Å². The molecule has 2 aromatic rings. The van der Waals surface area contributed by atoms with Crippen molar-refractivity contribution >= 4 is 11.6 Å². The van der Waals surface area contributed by atoms with Crippen LogP contribution in [0.1, 0.15) is 12.5 Å². The predicted octanol–water partition coefficient (Wildman–Crippen LogP) is 2.47. The summed E-state index contributed by atoms with van der Waals surface area (Å²) in [7, 11) is 3.09. The lowest BCUT2D eigenvalue weighted by Crippen LogP contribution is -2.24. The number of hydrogen-bond donors (Lipinski definition) is 0. The Hall–Kier alpha value is -2.01. The zero-order valence-corrected chi connectivity index (χ0v) is 12.3. The molecule has 0 bridgehead atoms. The van der Waals surface area contributed by atoms with Crippen molar-refractivity contribution in [1.29, 1.82) is 0 Å². The highest BCUT2D eigenvalue weighted by Gasteiger charge is 2.10. The van der Waals surface area contributed by atoms with Gasteiger partial charge in [-0.3, -0.25) is 4.79 Å². The van der Waals surface area contributed by atoms with E-state index in [-0.39, 0.29) is 10.7 Å². The van der Waals surface area contributed by atoms with Crippen molar-refractivity contribution in [2.75, 3.05) is 14.2 Å². The summed E-state index contributed by atoms with van der Waals surface area (Å²) in [5.74, 6) is 1.15. The molecule has 0 saturated carbocycles. The van der Waals surface area contributed by atoms with Gasteiger partial charge in [0.25, 0.3) is 5.56 Å². The first-order valence-corrected chi connectivity index (χ1v) is 6.49. The van der Waals surface area contributed by atoms with E-state index in [9.17, 15) is 4.79 Å². The van der Waals surface area contributed by atoms with Crippen LogP contribution in [0.4, 0.5) is 0 Å². The molecule has 6 heteroatoms. The van der Waals surface area contributed by atoms with Crippen LogP contribution in [0.25, 0.3) is 5.69 Å². The number of nitrogens with zero attached hydrogens (tertiary/aromatic N) is 2. The second-order valence-corrected chi connectivity index (χ2v) is 4.52. The summed E-state index contributed by atoms with van der Waals surface area (Å²) in [6, 6.07) is 6.71. The summed E-state index contributed by atoms with van der Waals surface area (Å²) in [5, 5.41) is 4.33. The van der Waals surface area contributed by atoms with Gasteiger partial charge in [-0.25, -0.2) is 0 Å². The fourth-order valence-corrected chi connectivity index (χ4v) is 2.06. The van der Waals surface area contributed by atoms with Crippen LogP contribution in [0.3, 0.4) is 0 Å². The van der Waals surface area contributed by atoms with Crippen LogP contribution in [0.2, 0.25) is 5.15 Å². The van der Waals surface area contributed by atoms with Gasteiger partial charge in [0.2, 0.25) is 0 Å². The molecule has 2 rings (SSSR count). The molecule has 1 heterocycles. The van der Waals surface area contributed by atoms with E-state index in [4.69, 9.17) is 21.1 Å². The maximum atomic E-state index is 12.3. The maximum Gasteiger partial charge on any atom is 0.274 e. The Morgan fingerprint density at radius 2 is 1.75 bits per heavy atom. The standard InChI is InChI=1S/C14H15ClN2O3/c1-4-9-5-13(15)16-17(14(9)18)10-6-11(19-2)8-12(7-10)20-3/h5-8H,4H2,1-3H3. The van der Waals surface area contributed by atoms with E-state index in [1.54, 1.807) is 38.5 Å². The average molecular weight is 295 g/mol. The Morgan fingerprint density at radius 3 is 2.25 bits per heavy atom. The molecule has 106 valence electrons. The van der Waals surface area contributed by atoms with Gasteiger partial charge in [0, 0.05) is 23.8 Å². The fourth-order valence-electron chi connectivity index (χ4n) is 1.85. The van der Waals surface area contributed by atoms with E-state index in [1.165, 1.54) is 4.68 Å². The van der Waals surface area contributed by atoms with Crippen LogP contribution in [0, 0.1) is 0 Å². The first-order valence-electron chi connectivity index (χ1n) is 6.11. The summed E-state index contributed by atoms with van der Waals surface area (Å²) in [4.78, 5) is 12.3. The smallest absolute Gasteiger partial charge is 0.274 e. The van der Waals surface area contributed by atoms with Crippen LogP contribution in [0.5, 0.6) is 11.5 Å². The van der Waals surface area contributed by atoms with Crippen LogP contribution in [-0.4, -0.2) is 24.0 Å². The molecule has 0 unspecified atom stereocenters. The van der Waals surface area contributed by atoms with Gasteiger partial charge in [0.05, 0.1) is 19.9 Å². The van der Waals surface area contributed by atoms with Gasteiger partial charge in [-0.2, -0.15) is 9.78 Å². The maximum absolute atomic E-state index is 12.3. The van der Waals surface area contributed by atoms with E-state index < -0.39 is 0 Å². The van der Waals surface area contributed by atoms with Gasteiger partial charge in [0.1, 0.15) is 11.5 Å². The first kappa shape index (κ1) is 14.4. The molecule has 1 aromatic heterocycles. The fraction of sp³-hybridized carbons (Fsp3) is 0.286. The quantitative estimate of drug-likeness (QED) is 0.869. The van der Waals surface area contributed by atoms with Crippen molar-refractivity contribution in [3.63, 3.8) is 0 Å². The summed E-state index contributed by atoms with van der Waals surface area (Å²) < 4.78 is 11.6. The number of methoxy groups -OCH3 is 2. The SMILES string of the molecule is CCc1cc(Cl)nn(-c2cc(OC)cc(OC)c2)c1=O. The molecule has 5 nitrogen and oxygen atoms in total. The highest BCUT2D eigenvalue weighted by Crippen LogP contribution is 2.24. The van der Waals surface area contributed by atoms with Crippen molar-refractivity contribution in [3.8, 4) is 17.2 Å². The largest absolute Gasteiger partial charge is 0.497 e. The molecule has 20 heavy (non-hydrogen) atoms. The van der Waals surface area contributed by atoms with Crippen molar-refractivity contribution in [2.24, 2.45) is 0 Å². The van der Waals surface area contributed by atoms with Crippen molar-refractivity contribution in [1.82, 2.24) is 9.78 Å². The number of aromatic nitrogens is 2. The van der Waals surface area contributed by atoms with E-state index in [2.05, 4.69) is 5.10 Å². The van der Waals surface area contributed by atoms with E-state index in [1.807, 2.05) is 6.92 Å². The molecule has 1 aromatic carbocycles. The average Bonchev–Trinajstić information content (AvgIpc) is 2.48. The minimum absolute atomic E-state index is 0.202. The van der Waals surface area contributed by atoms with Crippen molar-refractivity contribution < 1.29 is 9.47 Å². The third-order valence-corrected chi connectivity index (χ3v) is 3.10. The van der Waals surface area contributed by atoms with E-state index in [0.717, 1.165) is 0 Å². The number of benzene rings is 1. The number of aryl methyl sites for hydroxylation is 1. The highest BCUT2D eigenvalue weighted by atomic mass is 35.5. The van der Waals surface area contributed by atoms with Crippen LogP contribution in [-0.2, 0) is 6.42 Å². The molecule has 0 amide bonds. The lowest BCUT2D eigenvalue weighted by Gasteiger charge is -2.11. The molecular formula is C14H15ClN2O3. The molecule has 0 spiro atoms. The van der Waals surface area contributed by atoms with Gasteiger partial charge in [-0.15, -0.1) is 0 Å². The normalized spacial score (nSPS) is 10.4. The monoisotopic (exact) mass is 294 g/mol. The molecule has 0 aliphatic heterocycles. The number of rotatable bonds is 4. The summed E-state index contributed by atoms with van der Waals surface area (Å²) in [6.07, 6.45) is 0.585. The Bertz CT molecular complexity index is 660. The van der Waals surface area contributed by atoms with Crippen LogP contribution in [0.15, 0.2) is 29.1 Å². The first-order chi connectivity index (χ1) is 9.58. The molecular weight excluding hydrogens is 280 g/mol. The zero-order chi connectivity index (χ0) is 14.7. The summed E-state index contributed by atoms with van der Waals surface area (Å²) in [6.45, 7) is 1.89. The molecule has 0 N–H and O–H groups in total. The molecule has 0 saturated heterocycles. The lowest BCUT2D eigenvalue weighted by atomic mass is 10.2. The summed E-state index contributed by atoms with van der Waals surface area (Å²) in [5.41, 5.74) is 0.947. The molecule has 0 aliphatic rings. The predicted molar refractivity (Wildman–Crippen MR) is 77.3 cm³/mol. The molecule has 0 atom stereocenters. The van der Waals surface area contributed by atoms with Crippen molar-refractivity contribution in [2.45, 2.75) is 13.3 Å². The van der Waals surface area contributed by atoms with E-state index >= 15 is 0 Å². The highest BCUT2D eigenvalue weighted by molar-refractivity contribution is 6.29. The Balaban J connectivity index is 2.67. The third kappa shape index (κ3) is 2.77. The molecule has 0 radical (unpaired) electrons. The topological polar surface area (TPSA) is 53.4 Å². The van der Waals surface area contributed by atoms with Gasteiger partial charge < -0.3 is 9.47 Å². The number of hydrogen-bond acceptors (Lipinski definition) is 4. The minimum atomic E-state index is -0.202. The Labute approximate surface area is 121 Å². The Kier molecular flexibility index (Phi) is 4.29. The lowest BCUT2D eigenvalue weighted by molar-refractivity contribution is 0.393. The van der Waals surface area contributed by atoms with Gasteiger partial charge >= 0.3 is 0 Å². The van der Waals surface area contributed by atoms with Crippen LogP contribution >= 0.6 is 11.6 Å². The second kappa shape index (κ2) is 5.96. The number of halogens is 1. The zero-order valence-electron chi connectivity index (χ0n) is 11.5. The summed E-state index contributed by atoms with van der Waals surface area (Å²) >= 11 is 5.96. The number of ether oxygens (including phenoxy) is 2. The molecule has 0 fully saturated rings.